The lowest BCUT2D eigenvalue weighted by Crippen LogP contribution is -2.34. The Bertz CT molecular complexity index is 983. The first-order valence-electron chi connectivity index (χ1n) is 9.21. The number of para-hydroxylation sites is 2. The van der Waals surface area contributed by atoms with Gasteiger partial charge in [-0.25, -0.2) is 5.01 Å². The molecule has 2 atom stereocenters. The van der Waals surface area contributed by atoms with E-state index in [1.807, 2.05) is 37.3 Å². The zero-order chi connectivity index (χ0) is 18.2. The summed E-state index contributed by atoms with van der Waals surface area (Å²) >= 11 is 1.70. The Kier molecular flexibility index (Phi) is 4.09. The van der Waals surface area contributed by atoms with Crippen LogP contribution in [0.15, 0.2) is 70.5 Å². The van der Waals surface area contributed by atoms with Crippen LogP contribution in [0.25, 0.3) is 0 Å². The van der Waals surface area contributed by atoms with Gasteiger partial charge in [-0.05, 0) is 41.9 Å². The summed E-state index contributed by atoms with van der Waals surface area (Å²) in [6.45, 7) is 2.62. The van der Waals surface area contributed by atoms with Gasteiger partial charge in [0.25, 0.3) is 0 Å². The van der Waals surface area contributed by atoms with Gasteiger partial charge in [0.1, 0.15) is 11.5 Å². The fourth-order valence-electron chi connectivity index (χ4n) is 3.81. The molecule has 4 nitrogen and oxygen atoms in total. The number of benzene rings is 2. The maximum Gasteiger partial charge on any atom is 0.217 e. The minimum Gasteiger partial charge on any atom is -0.493 e. The summed E-state index contributed by atoms with van der Waals surface area (Å²) in [6, 6.07) is 18.7. The molecule has 0 saturated heterocycles. The topological polar surface area (TPSA) is 34.1 Å². The quantitative estimate of drug-likeness (QED) is 0.612. The van der Waals surface area contributed by atoms with E-state index in [0.717, 1.165) is 29.2 Å². The lowest BCUT2D eigenvalue weighted by Gasteiger charge is -2.38. The van der Waals surface area contributed by atoms with Crippen molar-refractivity contribution in [3.8, 4) is 11.5 Å². The molecule has 5 heteroatoms. The van der Waals surface area contributed by atoms with Crippen molar-refractivity contribution in [1.82, 2.24) is 5.01 Å². The molecule has 2 aromatic carbocycles. The number of hydrogen-bond donors (Lipinski definition) is 0. The highest BCUT2D eigenvalue weighted by Crippen LogP contribution is 2.48. The lowest BCUT2D eigenvalue weighted by molar-refractivity contribution is -0.0205. The molecule has 3 heterocycles. The van der Waals surface area contributed by atoms with Gasteiger partial charge in [-0.2, -0.15) is 16.4 Å². The number of rotatable bonds is 4. The van der Waals surface area contributed by atoms with Crippen LogP contribution in [0.1, 0.15) is 42.3 Å². The van der Waals surface area contributed by atoms with Crippen LogP contribution < -0.4 is 9.47 Å². The molecule has 5 rings (SSSR count). The summed E-state index contributed by atoms with van der Waals surface area (Å²) in [5, 5.41) is 11.3. The summed E-state index contributed by atoms with van der Waals surface area (Å²) in [5.74, 6) is 1.78. The van der Waals surface area contributed by atoms with Gasteiger partial charge in [-0.1, -0.05) is 30.3 Å². The van der Waals surface area contributed by atoms with E-state index in [9.17, 15) is 0 Å². The Labute approximate surface area is 162 Å². The molecule has 0 aliphatic carbocycles. The van der Waals surface area contributed by atoms with Crippen LogP contribution in [0.4, 0.5) is 0 Å². The van der Waals surface area contributed by atoms with Crippen LogP contribution >= 0.6 is 11.3 Å². The van der Waals surface area contributed by atoms with Gasteiger partial charge in [0.05, 0.1) is 23.9 Å². The minimum absolute atomic E-state index is 0.171. The van der Waals surface area contributed by atoms with E-state index in [4.69, 9.17) is 14.6 Å². The van der Waals surface area contributed by atoms with Crippen molar-refractivity contribution in [1.29, 1.82) is 0 Å². The average molecular weight is 376 g/mol. The zero-order valence-corrected chi connectivity index (χ0v) is 15.9. The van der Waals surface area contributed by atoms with Crippen LogP contribution in [0.3, 0.4) is 0 Å². The predicted molar refractivity (Wildman–Crippen MR) is 107 cm³/mol. The number of thiophene rings is 1. The Morgan fingerprint density at radius 1 is 1.11 bits per heavy atom. The molecule has 0 radical (unpaired) electrons. The zero-order valence-electron chi connectivity index (χ0n) is 15.0. The maximum absolute atomic E-state index is 6.43. The van der Waals surface area contributed by atoms with Crippen LogP contribution in [-0.2, 0) is 0 Å². The number of fused-ring (bicyclic) bond motifs is 3. The van der Waals surface area contributed by atoms with E-state index < -0.39 is 0 Å². The third kappa shape index (κ3) is 2.79. The van der Waals surface area contributed by atoms with E-state index in [0.29, 0.717) is 6.61 Å². The fourth-order valence-corrected chi connectivity index (χ4v) is 4.48. The van der Waals surface area contributed by atoms with E-state index in [1.165, 1.54) is 11.1 Å². The van der Waals surface area contributed by atoms with Crippen molar-refractivity contribution in [2.24, 2.45) is 5.10 Å². The SMILES string of the molecule is CCOc1ccccc1C1Oc2ccccc2C2CC(c3ccsc3)=NN21. The highest BCUT2D eigenvalue weighted by atomic mass is 32.1. The van der Waals surface area contributed by atoms with Crippen LogP contribution in [0.5, 0.6) is 11.5 Å². The van der Waals surface area contributed by atoms with Crippen molar-refractivity contribution in [3.63, 3.8) is 0 Å². The molecule has 1 aromatic heterocycles. The summed E-state index contributed by atoms with van der Waals surface area (Å²) in [6.07, 6.45) is 0.577. The first-order valence-corrected chi connectivity index (χ1v) is 10.1. The largest absolute Gasteiger partial charge is 0.493 e. The Balaban J connectivity index is 1.61. The van der Waals surface area contributed by atoms with Crippen LogP contribution in [0.2, 0.25) is 0 Å². The Morgan fingerprint density at radius 2 is 1.93 bits per heavy atom. The fraction of sp³-hybridized carbons (Fsp3) is 0.227. The van der Waals surface area contributed by atoms with Gasteiger partial charge in [0, 0.05) is 17.5 Å². The highest BCUT2D eigenvalue weighted by Gasteiger charge is 2.41. The second-order valence-corrected chi connectivity index (χ2v) is 7.42. The molecule has 2 unspecified atom stereocenters. The average Bonchev–Trinajstić information content (AvgIpc) is 3.38. The van der Waals surface area contributed by atoms with Crippen molar-refractivity contribution >= 4 is 17.0 Å². The smallest absolute Gasteiger partial charge is 0.217 e. The molecular weight excluding hydrogens is 356 g/mol. The normalized spacial score (nSPS) is 20.5. The van der Waals surface area contributed by atoms with Crippen molar-refractivity contribution in [3.05, 3.63) is 82.0 Å². The molecule has 0 spiro atoms. The minimum atomic E-state index is -0.302. The van der Waals surface area contributed by atoms with Crippen molar-refractivity contribution < 1.29 is 9.47 Å². The van der Waals surface area contributed by atoms with Gasteiger partial charge in [-0.3, -0.25) is 0 Å². The van der Waals surface area contributed by atoms with Crippen molar-refractivity contribution in [2.75, 3.05) is 6.61 Å². The van der Waals surface area contributed by atoms with Crippen LogP contribution in [-0.4, -0.2) is 17.3 Å². The van der Waals surface area contributed by atoms with E-state index in [1.54, 1.807) is 11.3 Å². The summed E-state index contributed by atoms with van der Waals surface area (Å²) in [4.78, 5) is 0. The molecule has 2 aliphatic rings. The molecule has 0 N–H and O–H groups in total. The Morgan fingerprint density at radius 3 is 2.74 bits per heavy atom. The molecule has 0 amide bonds. The van der Waals surface area contributed by atoms with Gasteiger partial charge < -0.3 is 9.47 Å². The lowest BCUT2D eigenvalue weighted by atomic mass is 9.96. The number of hydrazone groups is 1. The number of ether oxygens (including phenoxy) is 2. The van der Waals surface area contributed by atoms with Crippen molar-refractivity contribution in [2.45, 2.75) is 25.6 Å². The summed E-state index contributed by atoms with van der Waals surface area (Å²) in [7, 11) is 0. The monoisotopic (exact) mass is 376 g/mol. The molecule has 0 fully saturated rings. The highest BCUT2D eigenvalue weighted by molar-refractivity contribution is 7.08. The summed E-state index contributed by atoms with van der Waals surface area (Å²) in [5.41, 5.74) is 4.51. The van der Waals surface area contributed by atoms with E-state index in [-0.39, 0.29) is 12.3 Å². The Hall–Kier alpha value is -2.79. The standard InChI is InChI=1S/C22H20N2O2S/c1-2-25-20-9-5-4-8-17(20)22-24-19(16-7-3-6-10-21(16)26-22)13-18(23-24)15-11-12-27-14-15/h3-12,14,19,22H,2,13H2,1H3. The molecule has 2 aliphatic heterocycles. The van der Waals surface area contributed by atoms with E-state index >= 15 is 0 Å². The van der Waals surface area contributed by atoms with Gasteiger partial charge in [0.2, 0.25) is 6.23 Å². The van der Waals surface area contributed by atoms with Gasteiger partial charge >= 0.3 is 0 Å². The van der Waals surface area contributed by atoms with Gasteiger partial charge in [-0.15, -0.1) is 0 Å². The number of hydrogen-bond acceptors (Lipinski definition) is 5. The third-order valence-corrected chi connectivity index (χ3v) is 5.72. The first-order chi connectivity index (χ1) is 13.3. The maximum atomic E-state index is 6.43. The second kappa shape index (κ2) is 6.74. The summed E-state index contributed by atoms with van der Waals surface area (Å²) < 4.78 is 12.3. The predicted octanol–water partition coefficient (Wildman–Crippen LogP) is 5.39. The molecular formula is C22H20N2O2S. The van der Waals surface area contributed by atoms with Gasteiger partial charge in [0.15, 0.2) is 0 Å². The number of nitrogens with zero attached hydrogens (tertiary/aromatic N) is 2. The molecule has 0 saturated carbocycles. The molecule has 3 aromatic rings. The molecule has 136 valence electrons. The molecule has 27 heavy (non-hydrogen) atoms. The van der Waals surface area contributed by atoms with E-state index in [2.05, 4.69) is 40.0 Å². The first kappa shape index (κ1) is 16.4. The molecule has 0 bridgehead atoms. The third-order valence-electron chi connectivity index (χ3n) is 5.04. The van der Waals surface area contributed by atoms with Crippen LogP contribution in [0, 0.1) is 0 Å². The second-order valence-electron chi connectivity index (χ2n) is 6.64.